The summed E-state index contributed by atoms with van der Waals surface area (Å²) < 4.78 is 23.3. The van der Waals surface area contributed by atoms with Gasteiger partial charge in [0, 0.05) is 0 Å². The summed E-state index contributed by atoms with van der Waals surface area (Å²) in [4.78, 5) is 0.0579. The maximum absolute atomic E-state index is 12.3. The Morgan fingerprint density at radius 1 is 1.50 bits per heavy atom. The zero-order valence-corrected chi connectivity index (χ0v) is 10.2. The van der Waals surface area contributed by atoms with Gasteiger partial charge in [-0.15, -0.1) is 0 Å². The fourth-order valence-corrected chi connectivity index (χ4v) is 4.38. The lowest BCUT2D eigenvalue weighted by molar-refractivity contribution is 0.585. The first-order valence-electron chi connectivity index (χ1n) is 4.86. The second-order valence-corrected chi connectivity index (χ2v) is 6.62. The van der Waals surface area contributed by atoms with Crippen LogP contribution in [0.3, 0.4) is 0 Å². The third-order valence-corrected chi connectivity index (χ3v) is 6.04. The molecule has 84 valence electrons. The molecule has 2 rings (SSSR count). The number of rotatable bonds is 2. The first-order valence-corrected chi connectivity index (χ1v) is 6.72. The lowest BCUT2D eigenvalue weighted by Crippen LogP contribution is -2.23. The largest absolute Gasteiger partial charge is 0.222 e. The summed E-state index contributed by atoms with van der Waals surface area (Å²) in [6.45, 7) is 1.76. The highest BCUT2D eigenvalue weighted by atomic mass is 35.5. The van der Waals surface area contributed by atoms with E-state index in [1.165, 1.54) is 12.1 Å². The van der Waals surface area contributed by atoms with Crippen molar-refractivity contribution >= 4 is 21.4 Å². The number of nitrogens with zero attached hydrogens (tertiary/aromatic N) is 1. The highest BCUT2D eigenvalue weighted by Crippen LogP contribution is 2.52. The first-order chi connectivity index (χ1) is 7.45. The van der Waals surface area contributed by atoms with Crippen molar-refractivity contribution in [2.75, 3.05) is 0 Å². The fourth-order valence-electron chi connectivity index (χ4n) is 1.85. The minimum atomic E-state index is -3.65. The van der Waals surface area contributed by atoms with Gasteiger partial charge in [0.1, 0.15) is 0 Å². The molecule has 0 bridgehead atoms. The molecule has 2 atom stereocenters. The zero-order chi connectivity index (χ0) is 12.0. The second-order valence-electron chi connectivity index (χ2n) is 4.04. The Balaban J connectivity index is 2.59. The fraction of sp³-hybridized carbons (Fsp3) is 0.364. The van der Waals surface area contributed by atoms with E-state index in [1.807, 2.05) is 6.07 Å². The van der Waals surface area contributed by atoms with Crippen LogP contribution in [0.5, 0.6) is 0 Å². The van der Waals surface area contributed by atoms with E-state index in [-0.39, 0.29) is 15.8 Å². The van der Waals surface area contributed by atoms with Crippen molar-refractivity contribution in [3.8, 4) is 6.07 Å². The number of nitriles is 1. The zero-order valence-electron chi connectivity index (χ0n) is 8.64. The van der Waals surface area contributed by atoms with Crippen LogP contribution in [0.25, 0.3) is 0 Å². The van der Waals surface area contributed by atoms with Crippen molar-refractivity contribution < 1.29 is 8.42 Å². The molecule has 16 heavy (non-hydrogen) atoms. The summed E-state index contributed by atoms with van der Waals surface area (Å²) >= 11 is 5.86. The molecule has 0 saturated heterocycles. The number of sulfone groups is 1. The SMILES string of the molecule is CC1CC1(C#N)S(=O)(=O)c1ccccc1Cl. The summed E-state index contributed by atoms with van der Waals surface area (Å²) in [5, 5.41) is 9.22. The number of hydrogen-bond acceptors (Lipinski definition) is 3. The van der Waals surface area contributed by atoms with Crippen LogP contribution in [0.15, 0.2) is 29.2 Å². The van der Waals surface area contributed by atoms with Gasteiger partial charge in [-0.3, -0.25) is 0 Å². The Kier molecular flexibility index (Phi) is 2.48. The Bertz CT molecular complexity index is 576. The van der Waals surface area contributed by atoms with Crippen molar-refractivity contribution in [2.24, 2.45) is 5.92 Å². The molecule has 0 aromatic heterocycles. The van der Waals surface area contributed by atoms with Crippen LogP contribution in [-0.2, 0) is 9.84 Å². The third kappa shape index (κ3) is 1.35. The van der Waals surface area contributed by atoms with Gasteiger partial charge in [0.25, 0.3) is 0 Å². The Morgan fingerprint density at radius 3 is 2.50 bits per heavy atom. The van der Waals surface area contributed by atoms with Crippen LogP contribution < -0.4 is 0 Å². The molecule has 1 fully saturated rings. The molecule has 1 aromatic carbocycles. The molecule has 1 aliphatic carbocycles. The predicted molar refractivity (Wildman–Crippen MR) is 60.8 cm³/mol. The average molecular weight is 256 g/mol. The van der Waals surface area contributed by atoms with Crippen LogP contribution in [0.2, 0.25) is 5.02 Å². The number of hydrogen-bond donors (Lipinski definition) is 0. The lowest BCUT2D eigenvalue weighted by atomic mass is 10.4. The summed E-state index contributed by atoms with van der Waals surface area (Å²) in [6, 6.07) is 8.16. The molecule has 0 heterocycles. The van der Waals surface area contributed by atoms with Gasteiger partial charge >= 0.3 is 0 Å². The minimum Gasteiger partial charge on any atom is -0.222 e. The first kappa shape index (κ1) is 11.4. The minimum absolute atomic E-state index is 0.0579. The molecular weight excluding hydrogens is 246 g/mol. The van der Waals surface area contributed by atoms with Crippen LogP contribution in [0.4, 0.5) is 0 Å². The predicted octanol–water partition coefficient (Wildman–Crippen LogP) is 2.42. The smallest absolute Gasteiger partial charge is 0.199 e. The molecule has 0 amide bonds. The van der Waals surface area contributed by atoms with Crippen LogP contribution in [-0.4, -0.2) is 13.2 Å². The average Bonchev–Trinajstić information content (AvgIpc) is 2.92. The van der Waals surface area contributed by atoms with Crippen LogP contribution in [0, 0.1) is 17.2 Å². The van der Waals surface area contributed by atoms with Crippen molar-refractivity contribution in [1.82, 2.24) is 0 Å². The van der Waals surface area contributed by atoms with E-state index in [9.17, 15) is 8.42 Å². The normalized spacial score (nSPS) is 28.4. The lowest BCUT2D eigenvalue weighted by Gasteiger charge is -2.10. The summed E-state index contributed by atoms with van der Waals surface area (Å²) in [5.41, 5.74) is 0. The highest BCUT2D eigenvalue weighted by molar-refractivity contribution is 7.93. The van der Waals surface area contributed by atoms with Gasteiger partial charge in [0.15, 0.2) is 14.6 Å². The topological polar surface area (TPSA) is 57.9 Å². The molecule has 5 heteroatoms. The van der Waals surface area contributed by atoms with E-state index >= 15 is 0 Å². The van der Waals surface area contributed by atoms with Gasteiger partial charge in [0.2, 0.25) is 0 Å². The van der Waals surface area contributed by atoms with E-state index in [1.54, 1.807) is 19.1 Å². The van der Waals surface area contributed by atoms with Crippen molar-refractivity contribution in [3.63, 3.8) is 0 Å². The van der Waals surface area contributed by atoms with Gasteiger partial charge < -0.3 is 0 Å². The highest BCUT2D eigenvalue weighted by Gasteiger charge is 2.63. The van der Waals surface area contributed by atoms with E-state index in [0.717, 1.165) is 0 Å². The molecule has 0 spiro atoms. The summed E-state index contributed by atoms with van der Waals surface area (Å²) in [7, 11) is -3.65. The van der Waals surface area contributed by atoms with Crippen molar-refractivity contribution in [3.05, 3.63) is 29.3 Å². The quantitative estimate of drug-likeness (QED) is 0.815. The van der Waals surface area contributed by atoms with E-state index in [0.29, 0.717) is 6.42 Å². The van der Waals surface area contributed by atoms with E-state index < -0.39 is 14.6 Å². The van der Waals surface area contributed by atoms with Gasteiger partial charge in [-0.05, 0) is 24.5 Å². The molecule has 0 aliphatic heterocycles. The van der Waals surface area contributed by atoms with Gasteiger partial charge in [-0.1, -0.05) is 30.7 Å². The standard InChI is InChI=1S/C11H10ClNO2S/c1-8-6-11(8,7-13)16(14,15)10-5-3-2-4-9(10)12/h2-5,8H,6H2,1H3. The molecule has 2 unspecified atom stereocenters. The monoisotopic (exact) mass is 255 g/mol. The number of halogens is 1. The molecule has 1 aromatic rings. The third-order valence-electron chi connectivity index (χ3n) is 3.04. The number of benzene rings is 1. The van der Waals surface area contributed by atoms with Crippen LogP contribution in [0.1, 0.15) is 13.3 Å². The summed E-state index contributed by atoms with van der Waals surface area (Å²) in [5.74, 6) is -0.126. The van der Waals surface area contributed by atoms with Crippen LogP contribution >= 0.6 is 11.6 Å². The van der Waals surface area contributed by atoms with Crippen molar-refractivity contribution in [1.29, 1.82) is 5.26 Å². The molecule has 0 radical (unpaired) electrons. The second kappa shape index (κ2) is 3.47. The molecule has 1 saturated carbocycles. The molecule has 0 N–H and O–H groups in total. The maximum atomic E-state index is 12.3. The Hall–Kier alpha value is -1.05. The van der Waals surface area contributed by atoms with Gasteiger partial charge in [-0.25, -0.2) is 8.42 Å². The summed E-state index contributed by atoms with van der Waals surface area (Å²) in [6.07, 6.45) is 0.386. The maximum Gasteiger partial charge on any atom is 0.199 e. The van der Waals surface area contributed by atoms with E-state index in [2.05, 4.69) is 0 Å². The van der Waals surface area contributed by atoms with Gasteiger partial charge in [0.05, 0.1) is 16.0 Å². The van der Waals surface area contributed by atoms with Gasteiger partial charge in [-0.2, -0.15) is 5.26 Å². The molecule has 3 nitrogen and oxygen atoms in total. The Labute approximate surface area is 99.6 Å². The molecule has 1 aliphatic rings. The Morgan fingerprint density at radius 2 is 2.06 bits per heavy atom. The van der Waals surface area contributed by atoms with Crippen molar-refractivity contribution in [2.45, 2.75) is 23.0 Å². The van der Waals surface area contributed by atoms with E-state index in [4.69, 9.17) is 16.9 Å². The molecular formula is C11H10ClNO2S.